The van der Waals surface area contributed by atoms with Crippen LogP contribution in [0.1, 0.15) is 72.4 Å². The molecule has 0 saturated carbocycles. The van der Waals surface area contributed by atoms with Crippen LogP contribution < -0.4 is 5.32 Å². The summed E-state index contributed by atoms with van der Waals surface area (Å²) in [7, 11) is 2.03. The first kappa shape index (κ1) is 21.5. The summed E-state index contributed by atoms with van der Waals surface area (Å²) in [6.07, 6.45) is 5.40. The van der Waals surface area contributed by atoms with Crippen LogP contribution in [-0.4, -0.2) is 16.6 Å². The van der Waals surface area contributed by atoms with Gasteiger partial charge in [-0.3, -0.25) is 0 Å². The number of pyridine rings is 2. The predicted molar refractivity (Wildman–Crippen MR) is 137 cm³/mol. The van der Waals surface area contributed by atoms with Gasteiger partial charge < -0.3 is 9.88 Å². The van der Waals surface area contributed by atoms with E-state index in [9.17, 15) is 0 Å². The van der Waals surface area contributed by atoms with Crippen LogP contribution in [-0.2, 0) is 25.9 Å². The number of nitrogens with zero attached hydrogens (tertiary/aromatic N) is 2. The molecule has 0 amide bonds. The van der Waals surface area contributed by atoms with Gasteiger partial charge in [0.25, 0.3) is 0 Å². The van der Waals surface area contributed by atoms with Crippen molar-refractivity contribution in [3.63, 3.8) is 0 Å². The molecular weight excluding hydrogens is 410 g/mol. The van der Waals surface area contributed by atoms with E-state index < -0.39 is 0 Å². The highest BCUT2D eigenvalue weighted by molar-refractivity contribution is 7.71. The molecule has 1 unspecified atom stereocenters. The normalized spacial score (nSPS) is 16.9. The third-order valence-corrected chi connectivity index (χ3v) is 7.97. The van der Waals surface area contributed by atoms with Crippen molar-refractivity contribution in [3.8, 4) is 11.4 Å². The topological polar surface area (TPSA) is 29.9 Å². The van der Waals surface area contributed by atoms with Crippen molar-refractivity contribution in [2.75, 3.05) is 7.05 Å². The first-order valence-corrected chi connectivity index (χ1v) is 12.4. The summed E-state index contributed by atoms with van der Waals surface area (Å²) < 4.78 is 3.34. The van der Waals surface area contributed by atoms with Crippen molar-refractivity contribution in [2.24, 2.45) is 0 Å². The van der Waals surface area contributed by atoms with Gasteiger partial charge in [0.05, 0.1) is 23.4 Å². The van der Waals surface area contributed by atoms with E-state index in [1.807, 2.05) is 7.05 Å². The van der Waals surface area contributed by atoms with Gasteiger partial charge in [0.1, 0.15) is 4.64 Å². The maximum Gasteiger partial charge on any atom is 0.110 e. The van der Waals surface area contributed by atoms with Gasteiger partial charge in [-0.25, -0.2) is 4.98 Å². The fourth-order valence-corrected chi connectivity index (χ4v) is 6.22. The van der Waals surface area contributed by atoms with E-state index in [1.54, 1.807) is 0 Å². The van der Waals surface area contributed by atoms with E-state index in [0.717, 1.165) is 61.0 Å². The largest absolute Gasteiger partial charge is 0.326 e. The van der Waals surface area contributed by atoms with Gasteiger partial charge in [-0.2, -0.15) is 0 Å². The van der Waals surface area contributed by atoms with Crippen molar-refractivity contribution < 1.29 is 0 Å². The molecule has 1 N–H and O–H groups in total. The highest BCUT2D eigenvalue weighted by atomic mass is 32.1. The molecule has 32 heavy (non-hydrogen) atoms. The molecule has 0 spiro atoms. The summed E-state index contributed by atoms with van der Waals surface area (Å²) in [4.78, 5) is 5.24. The molecule has 3 nitrogen and oxygen atoms in total. The van der Waals surface area contributed by atoms with Crippen LogP contribution in [0.2, 0.25) is 0 Å². The lowest BCUT2D eigenvalue weighted by atomic mass is 9.79. The lowest BCUT2D eigenvalue weighted by Crippen LogP contribution is -2.15. The minimum atomic E-state index is 0.409. The fraction of sp³-hybridized carbons (Fsp3) is 0.429. The zero-order chi connectivity index (χ0) is 22.6. The Hall–Kier alpha value is -2.30. The molecule has 4 heteroatoms. The van der Waals surface area contributed by atoms with Crippen LogP contribution in [0.25, 0.3) is 22.3 Å². The van der Waals surface area contributed by atoms with Gasteiger partial charge in [0.2, 0.25) is 0 Å². The number of hydrogen-bond acceptors (Lipinski definition) is 3. The number of fused-ring (bicyclic) bond motifs is 5. The molecule has 1 aliphatic carbocycles. The van der Waals surface area contributed by atoms with Crippen LogP contribution in [0.5, 0.6) is 0 Å². The molecule has 1 aromatic carbocycles. The minimum absolute atomic E-state index is 0.409. The Morgan fingerprint density at radius 2 is 2.00 bits per heavy atom. The van der Waals surface area contributed by atoms with Gasteiger partial charge in [-0.1, -0.05) is 44.6 Å². The van der Waals surface area contributed by atoms with Crippen LogP contribution >= 0.6 is 12.2 Å². The molecule has 3 aromatic rings. The first-order valence-electron chi connectivity index (χ1n) is 12.0. The summed E-state index contributed by atoms with van der Waals surface area (Å²) >= 11 is 6.07. The van der Waals surface area contributed by atoms with Crippen LogP contribution in [0.3, 0.4) is 0 Å². The number of nitrogens with one attached hydrogen (secondary N) is 1. The minimum Gasteiger partial charge on any atom is -0.326 e. The second-order valence-corrected chi connectivity index (χ2v) is 9.85. The molecule has 2 aliphatic rings. The van der Waals surface area contributed by atoms with Gasteiger partial charge >= 0.3 is 0 Å². The molecule has 0 fully saturated rings. The number of allylic oxidation sites excluding steroid dienone is 1. The standard InChI is InChI=1S/C28H33N3S/c1-6-8-18-12-22-23(14-29-5)24-15-31-26(27(24)30-25(22)11-17(18)4)13-21-19(7-2)16(3)9-10-20(21)28(31)32/h11-13,19,29H,3,6-10,14-15H2,1-2,4-5H3. The highest BCUT2D eigenvalue weighted by Crippen LogP contribution is 2.43. The van der Waals surface area contributed by atoms with E-state index in [2.05, 4.69) is 55.4 Å². The van der Waals surface area contributed by atoms with E-state index in [1.165, 1.54) is 50.0 Å². The Morgan fingerprint density at radius 1 is 1.19 bits per heavy atom. The Morgan fingerprint density at radius 3 is 2.72 bits per heavy atom. The molecule has 0 bridgehead atoms. The van der Waals surface area contributed by atoms with Crippen LogP contribution in [0.4, 0.5) is 0 Å². The van der Waals surface area contributed by atoms with E-state index in [0.29, 0.717) is 5.92 Å². The van der Waals surface area contributed by atoms with Gasteiger partial charge in [0, 0.05) is 23.4 Å². The predicted octanol–water partition coefficient (Wildman–Crippen LogP) is 6.77. The molecule has 3 heterocycles. The Kier molecular flexibility index (Phi) is 5.55. The summed E-state index contributed by atoms with van der Waals surface area (Å²) in [6.45, 7) is 12.8. The van der Waals surface area contributed by atoms with E-state index in [-0.39, 0.29) is 0 Å². The molecule has 0 saturated heterocycles. The Balaban J connectivity index is 1.78. The van der Waals surface area contributed by atoms with Crippen LogP contribution in [0, 0.1) is 11.6 Å². The van der Waals surface area contributed by atoms with Crippen molar-refractivity contribution >= 4 is 23.1 Å². The number of aromatic nitrogens is 2. The second kappa shape index (κ2) is 8.24. The van der Waals surface area contributed by atoms with Crippen LogP contribution in [0.15, 0.2) is 30.4 Å². The zero-order valence-corrected chi connectivity index (χ0v) is 20.6. The average Bonchev–Trinajstić information content (AvgIpc) is 3.13. The van der Waals surface area contributed by atoms with E-state index in [4.69, 9.17) is 17.2 Å². The maximum absolute atomic E-state index is 6.07. The SMILES string of the molecule is C=C1CCc2c(cc3n(c2=S)Cc2c-3nc3cc(C)c(CCC)cc3c2CNC)C1CC. The molecule has 1 aliphatic heterocycles. The molecule has 5 rings (SSSR count). The summed E-state index contributed by atoms with van der Waals surface area (Å²) in [5.74, 6) is 0.409. The molecular formula is C28H33N3S. The van der Waals surface area contributed by atoms with Gasteiger partial charge in [-0.15, -0.1) is 0 Å². The molecule has 2 aromatic heterocycles. The third-order valence-electron chi connectivity index (χ3n) is 7.50. The van der Waals surface area contributed by atoms with Gasteiger partial charge in [0.15, 0.2) is 0 Å². The average molecular weight is 444 g/mol. The molecule has 1 atom stereocenters. The monoisotopic (exact) mass is 443 g/mol. The molecule has 0 radical (unpaired) electrons. The van der Waals surface area contributed by atoms with Crippen molar-refractivity contribution in [2.45, 2.75) is 71.9 Å². The fourth-order valence-electron chi connectivity index (χ4n) is 5.83. The molecule has 166 valence electrons. The summed E-state index contributed by atoms with van der Waals surface area (Å²) in [6, 6.07) is 7.06. The third kappa shape index (κ3) is 3.19. The number of rotatable bonds is 5. The lowest BCUT2D eigenvalue weighted by molar-refractivity contribution is 0.656. The number of aryl methyl sites for hydroxylation is 2. The summed E-state index contributed by atoms with van der Waals surface area (Å²) in [5, 5.41) is 4.70. The number of hydrogen-bond donors (Lipinski definition) is 1. The first-order chi connectivity index (χ1) is 15.5. The maximum atomic E-state index is 6.07. The smallest absolute Gasteiger partial charge is 0.110 e. The van der Waals surface area contributed by atoms with E-state index >= 15 is 0 Å². The zero-order valence-electron chi connectivity index (χ0n) is 19.8. The van der Waals surface area contributed by atoms with Crippen molar-refractivity contribution in [1.82, 2.24) is 14.9 Å². The van der Waals surface area contributed by atoms with Crippen molar-refractivity contribution in [1.29, 1.82) is 0 Å². The Bertz CT molecular complexity index is 1310. The quantitative estimate of drug-likeness (QED) is 0.273. The Labute approximate surface area is 196 Å². The second-order valence-electron chi connectivity index (χ2n) is 9.47. The lowest BCUT2D eigenvalue weighted by Gasteiger charge is -2.28. The summed E-state index contributed by atoms with van der Waals surface area (Å²) in [5.41, 5.74) is 13.0. The highest BCUT2D eigenvalue weighted by Gasteiger charge is 2.30. The number of benzene rings is 1. The van der Waals surface area contributed by atoms with Gasteiger partial charge in [-0.05, 0) is 85.7 Å². The van der Waals surface area contributed by atoms with Crippen molar-refractivity contribution in [3.05, 3.63) is 68.4 Å².